The van der Waals surface area contributed by atoms with Crippen LogP contribution >= 0.6 is 0 Å². The van der Waals surface area contributed by atoms with E-state index in [0.717, 1.165) is 45.7 Å². The van der Waals surface area contributed by atoms with Crippen LogP contribution in [0.5, 0.6) is 0 Å². The Bertz CT molecular complexity index is 1180. The molecule has 1 aliphatic heterocycles. The second kappa shape index (κ2) is 9.94. The van der Waals surface area contributed by atoms with E-state index < -0.39 is 18.1 Å². The number of ether oxygens (including phenoxy) is 1. The van der Waals surface area contributed by atoms with E-state index >= 15 is 0 Å². The molecule has 0 bridgehead atoms. The molecule has 3 atom stereocenters. The van der Waals surface area contributed by atoms with Gasteiger partial charge in [-0.1, -0.05) is 51.0 Å². The normalized spacial score (nSPS) is 16.1. The van der Waals surface area contributed by atoms with Crippen molar-refractivity contribution in [3.05, 3.63) is 59.7 Å². The summed E-state index contributed by atoms with van der Waals surface area (Å²) in [4.78, 5) is 39.6. The molecule has 0 saturated carbocycles. The molecule has 0 aliphatic carbocycles. The van der Waals surface area contributed by atoms with Crippen LogP contribution in [0.3, 0.4) is 0 Å². The van der Waals surface area contributed by atoms with Crippen LogP contribution in [0.15, 0.2) is 48.5 Å². The minimum atomic E-state index is -0.767. The topological polar surface area (TPSA) is 83.9 Å². The molecule has 6 nitrogen and oxygen atoms in total. The molecule has 0 aromatic heterocycles. The molecule has 3 aromatic carbocycles. The molecule has 178 valence electrons. The van der Waals surface area contributed by atoms with Crippen molar-refractivity contribution in [3.63, 3.8) is 0 Å². The lowest BCUT2D eigenvalue weighted by Crippen LogP contribution is -2.41. The van der Waals surface area contributed by atoms with Crippen molar-refractivity contribution in [2.45, 2.75) is 58.6 Å². The number of carbonyl (C=O) groups is 3. The fourth-order valence-corrected chi connectivity index (χ4v) is 4.54. The van der Waals surface area contributed by atoms with Crippen LogP contribution in [0, 0.1) is 5.92 Å². The number of hydrogen-bond acceptors (Lipinski definition) is 5. The van der Waals surface area contributed by atoms with Gasteiger partial charge in [-0.25, -0.2) is 0 Å². The summed E-state index contributed by atoms with van der Waals surface area (Å²) >= 11 is 0. The van der Waals surface area contributed by atoms with E-state index in [-0.39, 0.29) is 30.8 Å². The number of aliphatic hydroxyl groups is 1. The molecular weight excluding hydrogens is 430 g/mol. The molecule has 4 rings (SSSR count). The van der Waals surface area contributed by atoms with Crippen molar-refractivity contribution < 1.29 is 24.2 Å². The monoisotopic (exact) mass is 461 g/mol. The Labute approximate surface area is 199 Å². The Morgan fingerprint density at radius 3 is 2.03 bits per heavy atom. The van der Waals surface area contributed by atoms with Crippen LogP contribution < -0.4 is 0 Å². The molecule has 0 saturated heterocycles. The summed E-state index contributed by atoms with van der Waals surface area (Å²) in [6, 6.07) is 14.9. The van der Waals surface area contributed by atoms with E-state index in [9.17, 15) is 19.5 Å². The van der Waals surface area contributed by atoms with Crippen molar-refractivity contribution in [2.24, 2.45) is 5.92 Å². The summed E-state index contributed by atoms with van der Waals surface area (Å²) < 4.78 is 5.32. The number of unbranched alkanes of at least 4 members (excludes halogenated alkanes) is 1. The quantitative estimate of drug-likeness (QED) is 0.272. The molecule has 0 unspecified atom stereocenters. The summed E-state index contributed by atoms with van der Waals surface area (Å²) in [6.45, 7) is 5.58. The molecule has 1 N–H and O–H groups in total. The van der Waals surface area contributed by atoms with Gasteiger partial charge >= 0.3 is 5.97 Å². The van der Waals surface area contributed by atoms with Crippen molar-refractivity contribution in [1.29, 1.82) is 0 Å². The third kappa shape index (κ3) is 4.68. The number of rotatable bonds is 9. The minimum Gasteiger partial charge on any atom is -0.463 e. The zero-order valence-corrected chi connectivity index (χ0v) is 19.9. The maximum absolute atomic E-state index is 13.1. The van der Waals surface area contributed by atoms with Gasteiger partial charge in [0.15, 0.2) is 0 Å². The fourth-order valence-electron chi connectivity index (χ4n) is 4.54. The van der Waals surface area contributed by atoms with E-state index in [1.165, 1.54) is 0 Å². The number of imide groups is 1. The van der Waals surface area contributed by atoms with Gasteiger partial charge in [0.25, 0.3) is 11.8 Å². The van der Waals surface area contributed by atoms with Gasteiger partial charge in [-0.15, -0.1) is 0 Å². The van der Waals surface area contributed by atoms with Gasteiger partial charge in [-0.3, -0.25) is 19.3 Å². The number of nitrogens with zero attached hydrogens (tertiary/aromatic N) is 1. The van der Waals surface area contributed by atoms with Crippen molar-refractivity contribution in [3.8, 4) is 0 Å². The van der Waals surface area contributed by atoms with Crippen LogP contribution in [0.25, 0.3) is 21.5 Å². The lowest BCUT2D eigenvalue weighted by atomic mass is 9.96. The Kier molecular flexibility index (Phi) is 6.98. The van der Waals surface area contributed by atoms with Gasteiger partial charge in [0, 0.05) is 0 Å². The number of carbonyl (C=O) groups excluding carboxylic acids is 3. The Hall–Kier alpha value is -3.25. The lowest BCUT2D eigenvalue weighted by Gasteiger charge is -2.23. The molecular formula is C28H31NO5. The average Bonchev–Trinajstić information content (AvgIpc) is 3.07. The highest BCUT2D eigenvalue weighted by molar-refractivity contribution is 6.23. The lowest BCUT2D eigenvalue weighted by molar-refractivity contribution is -0.147. The van der Waals surface area contributed by atoms with Gasteiger partial charge < -0.3 is 9.84 Å². The van der Waals surface area contributed by atoms with Crippen LogP contribution in [0.2, 0.25) is 0 Å². The number of benzene rings is 3. The summed E-state index contributed by atoms with van der Waals surface area (Å²) in [6.07, 6.45) is 2.01. The smallest absolute Gasteiger partial charge is 0.308 e. The summed E-state index contributed by atoms with van der Waals surface area (Å²) in [5.41, 5.74) is 0.734. The predicted octanol–water partition coefficient (Wildman–Crippen LogP) is 5.10. The van der Waals surface area contributed by atoms with E-state index in [1.807, 2.05) is 43.3 Å². The third-order valence-electron chi connectivity index (χ3n) is 6.71. The van der Waals surface area contributed by atoms with Crippen LogP contribution in [-0.2, 0) is 9.53 Å². The van der Waals surface area contributed by atoms with Crippen molar-refractivity contribution >= 4 is 39.3 Å². The second-order valence-corrected chi connectivity index (χ2v) is 9.35. The van der Waals surface area contributed by atoms with Crippen molar-refractivity contribution in [1.82, 2.24) is 4.90 Å². The first-order valence-corrected chi connectivity index (χ1v) is 12.0. The first-order valence-electron chi connectivity index (χ1n) is 12.0. The number of hydrogen-bond donors (Lipinski definition) is 1. The van der Waals surface area contributed by atoms with Crippen molar-refractivity contribution in [2.75, 3.05) is 6.61 Å². The Morgan fingerprint density at radius 2 is 1.50 bits per heavy atom. The third-order valence-corrected chi connectivity index (χ3v) is 6.71. The Balaban J connectivity index is 1.45. The zero-order valence-electron chi connectivity index (χ0n) is 19.9. The number of aliphatic hydroxyl groups excluding tert-OH is 1. The molecule has 1 heterocycles. The maximum atomic E-state index is 13.1. The van der Waals surface area contributed by atoms with Crippen LogP contribution in [0.1, 0.15) is 67.2 Å². The van der Waals surface area contributed by atoms with Gasteiger partial charge in [0.05, 0.1) is 29.7 Å². The molecule has 0 spiro atoms. The molecule has 2 amide bonds. The molecule has 34 heavy (non-hydrogen) atoms. The van der Waals surface area contributed by atoms with Crippen LogP contribution in [0.4, 0.5) is 0 Å². The van der Waals surface area contributed by atoms with Gasteiger partial charge in [-0.05, 0) is 65.1 Å². The molecule has 6 heteroatoms. The SMILES string of the molecule is CCCC[C@H](C)[C@H](O)CC(=O)OC[C@H](C)N1C(=O)c2cc3cc4ccccc4cc3cc2C1=O. The molecule has 0 radical (unpaired) electrons. The second-order valence-electron chi connectivity index (χ2n) is 9.35. The summed E-state index contributed by atoms with van der Waals surface area (Å²) in [5.74, 6) is -1.29. The molecule has 3 aromatic rings. The average molecular weight is 462 g/mol. The van der Waals surface area contributed by atoms with Gasteiger partial charge in [-0.2, -0.15) is 0 Å². The largest absolute Gasteiger partial charge is 0.463 e. The molecule has 0 fully saturated rings. The molecule has 1 aliphatic rings. The van der Waals surface area contributed by atoms with Crippen LogP contribution in [-0.4, -0.2) is 46.5 Å². The Morgan fingerprint density at radius 1 is 0.941 bits per heavy atom. The standard InChI is InChI=1S/C28H31NO5/c1-4-5-8-17(2)25(30)15-26(31)34-16-18(3)29-27(32)23-13-21-11-19-9-6-7-10-20(19)12-22(21)14-24(23)28(29)33/h6-7,9-14,17-18,25,30H,4-5,8,15-16H2,1-3H3/t17-,18-,25+/m0/s1. The summed E-state index contributed by atoms with van der Waals surface area (Å²) in [7, 11) is 0. The maximum Gasteiger partial charge on any atom is 0.308 e. The highest BCUT2D eigenvalue weighted by Crippen LogP contribution is 2.31. The van der Waals surface area contributed by atoms with E-state index in [2.05, 4.69) is 6.92 Å². The zero-order chi connectivity index (χ0) is 24.4. The highest BCUT2D eigenvalue weighted by Gasteiger charge is 2.39. The first-order chi connectivity index (χ1) is 16.3. The number of fused-ring (bicyclic) bond motifs is 3. The predicted molar refractivity (Wildman–Crippen MR) is 132 cm³/mol. The number of amides is 2. The van der Waals surface area contributed by atoms with Gasteiger partial charge in [0.1, 0.15) is 6.61 Å². The van der Waals surface area contributed by atoms with Gasteiger partial charge in [0.2, 0.25) is 0 Å². The fraction of sp³-hybridized carbons (Fsp3) is 0.393. The van der Waals surface area contributed by atoms with E-state index in [1.54, 1.807) is 19.1 Å². The summed E-state index contributed by atoms with van der Waals surface area (Å²) in [5, 5.41) is 14.2. The highest BCUT2D eigenvalue weighted by atomic mass is 16.5. The first kappa shape index (κ1) is 23.9. The minimum absolute atomic E-state index is 0.00643. The van der Waals surface area contributed by atoms with E-state index in [0.29, 0.717) is 11.1 Å². The number of esters is 1. The van der Waals surface area contributed by atoms with E-state index in [4.69, 9.17) is 4.74 Å².